The van der Waals surface area contributed by atoms with Crippen LogP contribution in [0.4, 0.5) is 5.69 Å². The van der Waals surface area contributed by atoms with Gasteiger partial charge in [0.05, 0.1) is 16.3 Å². The van der Waals surface area contributed by atoms with Crippen LogP contribution in [0.15, 0.2) is 42.1 Å². The van der Waals surface area contributed by atoms with Crippen LogP contribution >= 0.6 is 23.2 Å². The van der Waals surface area contributed by atoms with Gasteiger partial charge in [0.25, 0.3) is 11.8 Å². The van der Waals surface area contributed by atoms with Gasteiger partial charge in [0.1, 0.15) is 5.70 Å². The monoisotopic (exact) mass is 458 g/mol. The van der Waals surface area contributed by atoms with Gasteiger partial charge in [-0.25, -0.2) is 4.90 Å². The van der Waals surface area contributed by atoms with E-state index >= 15 is 0 Å². The zero-order valence-corrected chi connectivity index (χ0v) is 19.0. The van der Waals surface area contributed by atoms with Crippen molar-refractivity contribution in [3.05, 3.63) is 68.8 Å². The molecule has 1 fully saturated rings. The molecule has 2 aliphatic heterocycles. The Morgan fingerprint density at radius 1 is 1.03 bits per heavy atom. The van der Waals surface area contributed by atoms with E-state index in [1.54, 1.807) is 18.2 Å². The number of halogens is 2. The number of carbonyl (C=O) groups excluding carboxylic acids is 2. The number of aliphatic hydroxyl groups is 1. The summed E-state index contributed by atoms with van der Waals surface area (Å²) >= 11 is 12.5. The molecule has 0 aliphatic carbocycles. The zero-order valence-electron chi connectivity index (χ0n) is 17.5. The van der Waals surface area contributed by atoms with Crippen LogP contribution in [0.3, 0.4) is 0 Å². The molecule has 2 amide bonds. The molecule has 162 valence electrons. The second-order valence-corrected chi connectivity index (χ2v) is 9.12. The van der Waals surface area contributed by atoms with E-state index in [1.807, 2.05) is 36.9 Å². The highest BCUT2D eigenvalue weighted by molar-refractivity contribution is 6.47. The molecular formula is C24H24Cl2N2O3. The highest BCUT2D eigenvalue weighted by atomic mass is 35.5. The third-order valence-electron chi connectivity index (χ3n) is 5.82. The van der Waals surface area contributed by atoms with E-state index in [4.69, 9.17) is 23.2 Å². The number of anilines is 1. The predicted molar refractivity (Wildman–Crippen MR) is 123 cm³/mol. The summed E-state index contributed by atoms with van der Waals surface area (Å²) in [7, 11) is 0. The van der Waals surface area contributed by atoms with Crippen LogP contribution in [0, 0.1) is 19.8 Å². The molecule has 2 aromatic rings. The molecule has 0 spiro atoms. The molecule has 5 nitrogen and oxygen atoms in total. The highest BCUT2D eigenvalue weighted by Gasteiger charge is 2.44. The summed E-state index contributed by atoms with van der Waals surface area (Å²) < 4.78 is 0. The fourth-order valence-corrected chi connectivity index (χ4v) is 4.98. The van der Waals surface area contributed by atoms with Crippen LogP contribution in [0.1, 0.15) is 29.5 Å². The maximum Gasteiger partial charge on any atom is 0.282 e. The number of carbonyl (C=O) groups is 2. The van der Waals surface area contributed by atoms with Crippen molar-refractivity contribution >= 4 is 46.3 Å². The number of aryl methyl sites for hydroxylation is 2. The number of imide groups is 1. The van der Waals surface area contributed by atoms with Crippen LogP contribution in [-0.4, -0.2) is 41.5 Å². The Kier molecular flexibility index (Phi) is 6.11. The lowest BCUT2D eigenvalue weighted by Crippen LogP contribution is -2.40. The normalized spacial score (nSPS) is 19.6. The van der Waals surface area contributed by atoms with Gasteiger partial charge in [-0.3, -0.25) is 9.59 Å². The summed E-state index contributed by atoms with van der Waals surface area (Å²) in [4.78, 5) is 30.5. The Hall–Kier alpha value is -2.34. The van der Waals surface area contributed by atoms with Gasteiger partial charge in [-0.1, -0.05) is 35.3 Å². The van der Waals surface area contributed by atoms with Crippen molar-refractivity contribution in [2.75, 3.05) is 24.6 Å². The highest BCUT2D eigenvalue weighted by Crippen LogP contribution is 2.39. The van der Waals surface area contributed by atoms with Crippen molar-refractivity contribution in [2.45, 2.75) is 26.7 Å². The summed E-state index contributed by atoms with van der Waals surface area (Å²) in [6.07, 6.45) is 1.72. The van der Waals surface area contributed by atoms with E-state index in [1.165, 1.54) is 4.90 Å². The maximum atomic E-state index is 13.7. The van der Waals surface area contributed by atoms with Gasteiger partial charge in [0.2, 0.25) is 0 Å². The van der Waals surface area contributed by atoms with Crippen LogP contribution in [0.2, 0.25) is 10.0 Å². The minimum Gasteiger partial charge on any atom is -0.396 e. The van der Waals surface area contributed by atoms with Crippen LogP contribution < -0.4 is 4.90 Å². The Morgan fingerprint density at radius 3 is 2.39 bits per heavy atom. The van der Waals surface area contributed by atoms with E-state index in [0.29, 0.717) is 40.1 Å². The number of amides is 2. The lowest BCUT2D eigenvalue weighted by Gasteiger charge is -2.34. The number of benzene rings is 2. The second kappa shape index (κ2) is 8.65. The molecule has 0 saturated carbocycles. The molecule has 2 aliphatic rings. The molecule has 7 heteroatoms. The Bertz CT molecular complexity index is 1080. The molecule has 1 N–H and O–H groups in total. The van der Waals surface area contributed by atoms with Gasteiger partial charge in [0, 0.05) is 30.3 Å². The molecule has 1 atom stereocenters. The quantitative estimate of drug-likeness (QED) is 0.680. The van der Waals surface area contributed by atoms with Crippen molar-refractivity contribution in [3.63, 3.8) is 0 Å². The Balaban J connectivity index is 1.87. The SMILES string of the molecule is Cc1cc(C)cc(N2C(=O)C(c3ccc(Cl)cc3Cl)=C(N3CCCC(CO)C3)C2=O)c1. The summed E-state index contributed by atoms with van der Waals surface area (Å²) in [5.41, 5.74) is 3.58. The van der Waals surface area contributed by atoms with Crippen LogP contribution in [0.25, 0.3) is 5.57 Å². The van der Waals surface area contributed by atoms with Gasteiger partial charge in [-0.2, -0.15) is 0 Å². The average molecular weight is 459 g/mol. The van der Waals surface area contributed by atoms with Crippen molar-refractivity contribution in [1.29, 1.82) is 0 Å². The fraction of sp³-hybridized carbons (Fsp3) is 0.333. The number of likely N-dealkylation sites (tertiary alicyclic amines) is 1. The van der Waals surface area contributed by atoms with Gasteiger partial charge in [-0.05, 0) is 68.0 Å². The summed E-state index contributed by atoms with van der Waals surface area (Å²) in [6.45, 7) is 5.07. The first-order valence-electron chi connectivity index (χ1n) is 10.3. The maximum absolute atomic E-state index is 13.7. The average Bonchev–Trinajstić information content (AvgIpc) is 2.97. The van der Waals surface area contributed by atoms with Crippen molar-refractivity contribution < 1.29 is 14.7 Å². The molecule has 31 heavy (non-hydrogen) atoms. The van der Waals surface area contributed by atoms with Crippen molar-refractivity contribution in [1.82, 2.24) is 4.90 Å². The fourth-order valence-electron chi connectivity index (χ4n) is 4.48. The first kappa shape index (κ1) is 21.9. The number of hydrogen-bond donors (Lipinski definition) is 1. The Morgan fingerprint density at radius 2 is 1.74 bits per heavy atom. The number of rotatable bonds is 4. The molecule has 1 unspecified atom stereocenters. The second-order valence-electron chi connectivity index (χ2n) is 8.28. The van der Waals surface area contributed by atoms with Gasteiger partial charge >= 0.3 is 0 Å². The van der Waals surface area contributed by atoms with E-state index in [2.05, 4.69) is 0 Å². The topological polar surface area (TPSA) is 60.9 Å². The molecule has 2 aromatic carbocycles. The number of nitrogens with zero attached hydrogens (tertiary/aromatic N) is 2. The van der Waals surface area contributed by atoms with E-state index in [0.717, 1.165) is 24.0 Å². The third kappa shape index (κ3) is 4.10. The van der Waals surface area contributed by atoms with E-state index in [9.17, 15) is 14.7 Å². The third-order valence-corrected chi connectivity index (χ3v) is 6.37. The number of aliphatic hydroxyl groups excluding tert-OH is 1. The minimum absolute atomic E-state index is 0.0454. The molecule has 0 bridgehead atoms. The largest absolute Gasteiger partial charge is 0.396 e. The summed E-state index contributed by atoms with van der Waals surface area (Å²) in [6, 6.07) is 10.6. The van der Waals surface area contributed by atoms with Gasteiger partial charge in [-0.15, -0.1) is 0 Å². The van der Waals surface area contributed by atoms with E-state index < -0.39 is 5.91 Å². The summed E-state index contributed by atoms with van der Waals surface area (Å²) in [5, 5.41) is 10.5. The molecule has 2 heterocycles. The first-order chi connectivity index (χ1) is 14.8. The molecule has 4 rings (SSSR count). The Labute approximate surface area is 191 Å². The summed E-state index contributed by atoms with van der Waals surface area (Å²) in [5.74, 6) is -0.712. The van der Waals surface area contributed by atoms with Crippen molar-refractivity contribution in [2.24, 2.45) is 5.92 Å². The lowest BCUT2D eigenvalue weighted by molar-refractivity contribution is -0.120. The smallest absolute Gasteiger partial charge is 0.282 e. The van der Waals surface area contributed by atoms with Gasteiger partial charge < -0.3 is 10.0 Å². The molecular weight excluding hydrogens is 435 g/mol. The molecule has 1 saturated heterocycles. The van der Waals surface area contributed by atoms with Crippen LogP contribution in [0.5, 0.6) is 0 Å². The minimum atomic E-state index is -0.402. The van der Waals surface area contributed by atoms with E-state index in [-0.39, 0.29) is 24.0 Å². The molecule has 0 radical (unpaired) electrons. The standard InChI is InChI=1S/C24H24Cl2N2O3/c1-14-8-15(2)10-18(9-14)28-23(30)21(19-6-5-17(25)11-20(19)26)22(24(28)31)27-7-3-4-16(12-27)13-29/h5-6,8-11,16,29H,3-4,7,12-13H2,1-2H3. The van der Waals surface area contributed by atoms with Crippen LogP contribution in [-0.2, 0) is 9.59 Å². The van der Waals surface area contributed by atoms with Crippen molar-refractivity contribution in [3.8, 4) is 0 Å². The van der Waals surface area contributed by atoms with Gasteiger partial charge in [0.15, 0.2) is 0 Å². The number of piperidine rings is 1. The first-order valence-corrected chi connectivity index (χ1v) is 11.1. The lowest BCUT2D eigenvalue weighted by atomic mass is 9.97. The predicted octanol–water partition coefficient (Wildman–Crippen LogP) is 4.60. The zero-order chi connectivity index (χ0) is 22.3. The number of hydrogen-bond acceptors (Lipinski definition) is 4. The molecule has 0 aromatic heterocycles.